The summed E-state index contributed by atoms with van der Waals surface area (Å²) >= 11 is 0. The molecule has 0 radical (unpaired) electrons. The number of nitrogens with two attached hydrogens (primary N) is 1. The summed E-state index contributed by atoms with van der Waals surface area (Å²) < 4.78 is 5.82. The van der Waals surface area contributed by atoms with Gasteiger partial charge in [0.15, 0.2) is 0 Å². The van der Waals surface area contributed by atoms with Gasteiger partial charge in [0, 0.05) is 17.9 Å². The van der Waals surface area contributed by atoms with Crippen molar-refractivity contribution in [2.45, 2.75) is 45.3 Å². The minimum absolute atomic E-state index is 0. The molecule has 1 aliphatic heterocycles. The molecule has 0 aromatic heterocycles. The lowest BCUT2D eigenvalue weighted by atomic mass is 9.46. The molecular weight excluding hydrogens is 316 g/mol. The highest BCUT2D eigenvalue weighted by atomic mass is 35.5. The predicted octanol–water partition coefficient (Wildman–Crippen LogP) is 2.59. The number of anilines is 1. The minimum Gasteiger partial charge on any atom is -0.506 e. The first-order valence-electron chi connectivity index (χ1n) is 7.80. The highest BCUT2D eigenvalue weighted by molar-refractivity contribution is 6.01. The van der Waals surface area contributed by atoms with Crippen LogP contribution < -0.4 is 11.1 Å². The number of carbonyl (C=O) groups is 1. The number of halogens is 1. The molecule has 3 rings (SSSR count). The molecule has 1 heterocycles. The minimum atomic E-state index is -0.978. The van der Waals surface area contributed by atoms with E-state index in [0.29, 0.717) is 5.69 Å². The van der Waals surface area contributed by atoms with E-state index in [1.807, 2.05) is 20.8 Å². The van der Waals surface area contributed by atoms with Crippen LogP contribution in [0.4, 0.5) is 5.69 Å². The number of benzene rings is 1. The number of ether oxygens (including phenoxy) is 1. The SMILES string of the molecule is Cc1ccc(O)c(NC(=O)C2(N)C3CCCOC3C2(C)C)c1.Cl. The van der Waals surface area contributed by atoms with Crippen LogP contribution in [-0.2, 0) is 9.53 Å². The van der Waals surface area contributed by atoms with Crippen LogP contribution in [0.1, 0.15) is 32.3 Å². The number of hydrogen-bond acceptors (Lipinski definition) is 4. The Kier molecular flexibility index (Phi) is 4.68. The third kappa shape index (κ3) is 2.51. The van der Waals surface area contributed by atoms with Crippen molar-refractivity contribution in [2.75, 3.05) is 11.9 Å². The van der Waals surface area contributed by atoms with Crippen molar-refractivity contribution in [3.63, 3.8) is 0 Å². The Balaban J connectivity index is 0.00000192. The van der Waals surface area contributed by atoms with Gasteiger partial charge in [-0.25, -0.2) is 0 Å². The molecule has 0 spiro atoms. The Bertz CT molecular complexity index is 620. The smallest absolute Gasteiger partial charge is 0.245 e. The van der Waals surface area contributed by atoms with Crippen molar-refractivity contribution in [2.24, 2.45) is 17.1 Å². The van der Waals surface area contributed by atoms with Gasteiger partial charge in [0.2, 0.25) is 5.91 Å². The van der Waals surface area contributed by atoms with Crippen molar-refractivity contribution >= 4 is 24.0 Å². The van der Waals surface area contributed by atoms with Crippen LogP contribution in [0.15, 0.2) is 18.2 Å². The zero-order valence-electron chi connectivity index (χ0n) is 13.8. The van der Waals surface area contributed by atoms with Crippen LogP contribution in [0, 0.1) is 18.3 Å². The molecule has 6 heteroatoms. The number of phenols is 1. The number of amides is 1. The first kappa shape index (κ1) is 18.0. The third-order valence-corrected chi connectivity index (χ3v) is 5.46. The van der Waals surface area contributed by atoms with Crippen LogP contribution in [0.25, 0.3) is 0 Å². The quantitative estimate of drug-likeness (QED) is 0.722. The monoisotopic (exact) mass is 340 g/mol. The fourth-order valence-corrected chi connectivity index (χ4v) is 4.01. The highest BCUT2D eigenvalue weighted by Gasteiger charge is 2.70. The Hall–Kier alpha value is -1.30. The summed E-state index contributed by atoms with van der Waals surface area (Å²) in [6.07, 6.45) is 1.86. The predicted molar refractivity (Wildman–Crippen MR) is 91.9 cm³/mol. The van der Waals surface area contributed by atoms with E-state index in [9.17, 15) is 9.90 Å². The number of aryl methyl sites for hydroxylation is 1. The Morgan fingerprint density at radius 1 is 1.43 bits per heavy atom. The largest absolute Gasteiger partial charge is 0.506 e. The summed E-state index contributed by atoms with van der Waals surface area (Å²) in [7, 11) is 0. The average Bonchev–Trinajstić information content (AvgIpc) is 2.50. The van der Waals surface area contributed by atoms with E-state index in [4.69, 9.17) is 10.5 Å². The molecule has 1 aromatic rings. The van der Waals surface area contributed by atoms with Gasteiger partial charge in [-0.3, -0.25) is 4.79 Å². The molecule has 1 aromatic carbocycles. The maximum absolute atomic E-state index is 12.8. The van der Waals surface area contributed by atoms with Gasteiger partial charge < -0.3 is 20.9 Å². The molecule has 2 fully saturated rings. The average molecular weight is 341 g/mol. The second kappa shape index (κ2) is 5.96. The maximum atomic E-state index is 12.8. The molecule has 2 aliphatic rings. The number of aromatic hydroxyl groups is 1. The number of carbonyl (C=O) groups excluding carboxylic acids is 1. The molecule has 1 aliphatic carbocycles. The molecule has 5 nitrogen and oxygen atoms in total. The Labute approximate surface area is 143 Å². The normalized spacial score (nSPS) is 31.3. The number of phenolic OH excluding ortho intramolecular Hbond substituents is 1. The molecule has 3 atom stereocenters. The number of fused-ring (bicyclic) bond motifs is 1. The van der Waals surface area contributed by atoms with Crippen molar-refractivity contribution < 1.29 is 14.6 Å². The lowest BCUT2D eigenvalue weighted by molar-refractivity contribution is -0.222. The Morgan fingerprint density at radius 2 is 2.13 bits per heavy atom. The summed E-state index contributed by atoms with van der Waals surface area (Å²) in [5.74, 6) is -0.163. The van der Waals surface area contributed by atoms with E-state index in [0.717, 1.165) is 25.0 Å². The van der Waals surface area contributed by atoms with E-state index in [-0.39, 0.29) is 36.1 Å². The number of nitrogens with one attached hydrogen (secondary N) is 1. The van der Waals surface area contributed by atoms with Crippen LogP contribution >= 0.6 is 12.4 Å². The van der Waals surface area contributed by atoms with Crippen molar-refractivity contribution in [1.29, 1.82) is 0 Å². The van der Waals surface area contributed by atoms with Gasteiger partial charge in [0.1, 0.15) is 11.3 Å². The van der Waals surface area contributed by atoms with Crippen molar-refractivity contribution in [3.8, 4) is 5.75 Å². The van der Waals surface area contributed by atoms with Crippen molar-refractivity contribution in [1.82, 2.24) is 0 Å². The molecule has 23 heavy (non-hydrogen) atoms. The van der Waals surface area contributed by atoms with Gasteiger partial charge in [-0.2, -0.15) is 0 Å². The standard InChI is InChI=1S/C17H24N2O3.ClH/c1-10-6-7-13(20)12(9-10)19-15(21)17(18)11-5-4-8-22-14(11)16(17,2)3;/h6-7,9,11,14,20H,4-5,8,18H2,1-3H3,(H,19,21);1H. The topological polar surface area (TPSA) is 84.6 Å². The third-order valence-electron chi connectivity index (χ3n) is 5.46. The van der Waals surface area contributed by atoms with Gasteiger partial charge in [0.05, 0.1) is 11.8 Å². The molecule has 128 valence electrons. The van der Waals surface area contributed by atoms with Crippen LogP contribution in [0.5, 0.6) is 5.75 Å². The zero-order chi connectivity index (χ0) is 16.1. The molecule has 0 bridgehead atoms. The number of rotatable bonds is 2. The van der Waals surface area contributed by atoms with Gasteiger partial charge in [0.25, 0.3) is 0 Å². The molecule has 3 unspecified atom stereocenters. The fourth-order valence-electron chi connectivity index (χ4n) is 4.01. The van der Waals surface area contributed by atoms with Crippen LogP contribution in [0.3, 0.4) is 0 Å². The summed E-state index contributed by atoms with van der Waals surface area (Å²) in [6.45, 7) is 6.61. The Morgan fingerprint density at radius 3 is 2.83 bits per heavy atom. The second-order valence-electron chi connectivity index (χ2n) is 7.11. The molecule has 4 N–H and O–H groups in total. The molecule has 1 saturated heterocycles. The van der Waals surface area contributed by atoms with Crippen LogP contribution in [-0.4, -0.2) is 29.3 Å². The van der Waals surface area contributed by atoms with Crippen molar-refractivity contribution in [3.05, 3.63) is 23.8 Å². The van der Waals surface area contributed by atoms with E-state index >= 15 is 0 Å². The summed E-state index contributed by atoms with van der Waals surface area (Å²) in [6, 6.07) is 5.12. The van der Waals surface area contributed by atoms with Gasteiger partial charge in [-0.1, -0.05) is 19.9 Å². The van der Waals surface area contributed by atoms with E-state index < -0.39 is 11.0 Å². The zero-order valence-corrected chi connectivity index (χ0v) is 14.6. The second-order valence-corrected chi connectivity index (χ2v) is 7.11. The lowest BCUT2D eigenvalue weighted by Gasteiger charge is -2.65. The molecule has 1 saturated carbocycles. The highest BCUT2D eigenvalue weighted by Crippen LogP contribution is 2.57. The van der Waals surface area contributed by atoms with Gasteiger partial charge >= 0.3 is 0 Å². The van der Waals surface area contributed by atoms with Gasteiger partial charge in [-0.15, -0.1) is 12.4 Å². The first-order chi connectivity index (χ1) is 10.3. The molecule has 1 amide bonds. The first-order valence-corrected chi connectivity index (χ1v) is 7.80. The van der Waals surface area contributed by atoms with E-state index in [2.05, 4.69) is 5.32 Å². The number of hydrogen-bond donors (Lipinski definition) is 3. The van der Waals surface area contributed by atoms with Crippen LogP contribution in [0.2, 0.25) is 0 Å². The van der Waals surface area contributed by atoms with E-state index in [1.165, 1.54) is 0 Å². The summed E-state index contributed by atoms with van der Waals surface area (Å²) in [5, 5.41) is 12.7. The van der Waals surface area contributed by atoms with Gasteiger partial charge in [-0.05, 0) is 37.5 Å². The lowest BCUT2D eigenvalue weighted by Crippen LogP contribution is -2.81. The maximum Gasteiger partial charge on any atom is 0.245 e. The molecular formula is C17H25ClN2O3. The fraction of sp³-hybridized carbons (Fsp3) is 0.588. The summed E-state index contributed by atoms with van der Waals surface area (Å²) in [4.78, 5) is 12.8. The van der Waals surface area contributed by atoms with E-state index in [1.54, 1.807) is 18.2 Å². The summed E-state index contributed by atoms with van der Waals surface area (Å²) in [5.41, 5.74) is 6.51.